The van der Waals surface area contributed by atoms with Crippen molar-refractivity contribution in [1.29, 1.82) is 0 Å². The zero-order valence-corrected chi connectivity index (χ0v) is 11.8. The molecule has 0 aromatic heterocycles. The second-order valence-electron chi connectivity index (χ2n) is 4.94. The van der Waals surface area contributed by atoms with Gasteiger partial charge < -0.3 is 0 Å². The molecule has 0 N–H and O–H groups in total. The highest BCUT2D eigenvalue weighted by Crippen LogP contribution is 2.23. The minimum Gasteiger partial charge on any atom is -0.256 e. The lowest BCUT2D eigenvalue weighted by atomic mass is 9.98. The molecule has 0 radical (unpaired) electrons. The summed E-state index contributed by atoms with van der Waals surface area (Å²) in [4.78, 5) is 4.51. The normalized spacial score (nSPS) is 14.7. The van der Waals surface area contributed by atoms with Gasteiger partial charge in [-0.05, 0) is 23.3 Å². The fraction of sp³-hybridized carbons (Fsp3) is 0.0500. The van der Waals surface area contributed by atoms with E-state index in [1.54, 1.807) is 0 Å². The number of nitrogens with zero attached hydrogens (tertiary/aromatic N) is 1. The van der Waals surface area contributed by atoms with Crippen molar-refractivity contribution in [2.75, 3.05) is 0 Å². The molecule has 3 rings (SSSR count). The number of allylic oxidation sites excluding steroid dienone is 6. The molecular formula is C20H17N. The van der Waals surface area contributed by atoms with Crippen molar-refractivity contribution < 1.29 is 0 Å². The van der Waals surface area contributed by atoms with E-state index in [1.165, 1.54) is 5.56 Å². The van der Waals surface area contributed by atoms with Crippen molar-refractivity contribution in [2.24, 2.45) is 4.99 Å². The van der Waals surface area contributed by atoms with E-state index in [0.29, 0.717) is 5.92 Å². The Morgan fingerprint density at radius 3 is 2.05 bits per heavy atom. The Morgan fingerprint density at radius 2 is 1.38 bits per heavy atom. The summed E-state index contributed by atoms with van der Waals surface area (Å²) in [6, 6.07) is 18.5. The summed E-state index contributed by atoms with van der Waals surface area (Å²) in [6.45, 7) is 0. The second kappa shape index (κ2) is 6.67. The standard InChI is InChI=1S/C20H17N/c1-2-7-11-18(10-6-1)19-12-14-20(15-13-19)21-16-17-8-4-3-5-9-17/h1-16,18H. The van der Waals surface area contributed by atoms with Gasteiger partial charge in [0.1, 0.15) is 0 Å². The molecule has 0 heterocycles. The number of benzene rings is 2. The van der Waals surface area contributed by atoms with E-state index in [-0.39, 0.29) is 0 Å². The van der Waals surface area contributed by atoms with Crippen LogP contribution in [0.15, 0.2) is 96.0 Å². The van der Waals surface area contributed by atoms with E-state index in [0.717, 1.165) is 11.3 Å². The summed E-state index contributed by atoms with van der Waals surface area (Å²) in [7, 11) is 0. The average molecular weight is 271 g/mol. The topological polar surface area (TPSA) is 12.4 Å². The van der Waals surface area contributed by atoms with E-state index < -0.39 is 0 Å². The third-order valence-electron chi connectivity index (χ3n) is 3.41. The lowest BCUT2D eigenvalue weighted by Gasteiger charge is -2.07. The Morgan fingerprint density at radius 1 is 0.714 bits per heavy atom. The van der Waals surface area contributed by atoms with Crippen LogP contribution in [-0.2, 0) is 0 Å². The fourth-order valence-electron chi connectivity index (χ4n) is 2.25. The Balaban J connectivity index is 1.74. The molecule has 2 aromatic carbocycles. The molecule has 1 aliphatic carbocycles. The van der Waals surface area contributed by atoms with E-state index in [1.807, 2.05) is 36.5 Å². The molecule has 1 aliphatic rings. The molecule has 0 bridgehead atoms. The maximum absolute atomic E-state index is 4.51. The lowest BCUT2D eigenvalue weighted by molar-refractivity contribution is 1.09. The van der Waals surface area contributed by atoms with Gasteiger partial charge in [0.2, 0.25) is 0 Å². The van der Waals surface area contributed by atoms with E-state index >= 15 is 0 Å². The van der Waals surface area contributed by atoms with Crippen LogP contribution in [0.3, 0.4) is 0 Å². The summed E-state index contributed by atoms with van der Waals surface area (Å²) >= 11 is 0. The SMILES string of the molecule is C1=CC=CC(c2ccc(N=Cc3ccccc3)cc2)C=C1. The Kier molecular flexibility index (Phi) is 4.23. The number of rotatable bonds is 3. The minimum atomic E-state index is 0.340. The van der Waals surface area contributed by atoms with Crippen LogP contribution in [0.1, 0.15) is 17.0 Å². The average Bonchev–Trinajstić information content (AvgIpc) is 2.84. The predicted molar refractivity (Wildman–Crippen MR) is 90.3 cm³/mol. The van der Waals surface area contributed by atoms with Gasteiger partial charge in [-0.3, -0.25) is 4.99 Å². The molecule has 0 saturated carbocycles. The molecule has 0 aliphatic heterocycles. The summed E-state index contributed by atoms with van der Waals surface area (Å²) in [5.74, 6) is 0.340. The predicted octanol–water partition coefficient (Wildman–Crippen LogP) is 5.20. The van der Waals surface area contributed by atoms with Crippen LogP contribution >= 0.6 is 0 Å². The highest BCUT2D eigenvalue weighted by atomic mass is 14.7. The maximum atomic E-state index is 4.51. The molecule has 0 fully saturated rings. The lowest BCUT2D eigenvalue weighted by Crippen LogP contribution is -1.89. The molecule has 0 unspecified atom stereocenters. The minimum absolute atomic E-state index is 0.340. The maximum Gasteiger partial charge on any atom is 0.0630 e. The molecular weight excluding hydrogens is 254 g/mol. The van der Waals surface area contributed by atoms with E-state index in [2.05, 4.69) is 65.7 Å². The van der Waals surface area contributed by atoms with Crippen molar-refractivity contribution >= 4 is 11.9 Å². The van der Waals surface area contributed by atoms with Crippen LogP contribution in [0.4, 0.5) is 5.69 Å². The van der Waals surface area contributed by atoms with Gasteiger partial charge in [-0.1, -0.05) is 78.9 Å². The van der Waals surface area contributed by atoms with Crippen molar-refractivity contribution in [3.63, 3.8) is 0 Å². The first kappa shape index (κ1) is 13.3. The van der Waals surface area contributed by atoms with Gasteiger partial charge in [-0.2, -0.15) is 0 Å². The van der Waals surface area contributed by atoms with Gasteiger partial charge >= 0.3 is 0 Å². The summed E-state index contributed by atoms with van der Waals surface area (Å²) < 4.78 is 0. The fourth-order valence-corrected chi connectivity index (χ4v) is 2.25. The van der Waals surface area contributed by atoms with Crippen LogP contribution in [0.2, 0.25) is 0 Å². The van der Waals surface area contributed by atoms with Crippen LogP contribution in [-0.4, -0.2) is 6.21 Å². The van der Waals surface area contributed by atoms with Gasteiger partial charge in [0.15, 0.2) is 0 Å². The first-order chi connectivity index (χ1) is 10.4. The highest BCUT2D eigenvalue weighted by Gasteiger charge is 2.04. The summed E-state index contributed by atoms with van der Waals surface area (Å²) in [5, 5.41) is 0. The second-order valence-corrected chi connectivity index (χ2v) is 4.94. The van der Waals surface area contributed by atoms with Crippen LogP contribution in [0.5, 0.6) is 0 Å². The quantitative estimate of drug-likeness (QED) is 0.680. The number of aliphatic imine (C=N–C) groups is 1. The van der Waals surface area contributed by atoms with Gasteiger partial charge in [0.25, 0.3) is 0 Å². The van der Waals surface area contributed by atoms with Gasteiger partial charge in [-0.25, -0.2) is 0 Å². The van der Waals surface area contributed by atoms with Crippen molar-refractivity contribution in [3.8, 4) is 0 Å². The van der Waals surface area contributed by atoms with E-state index in [4.69, 9.17) is 0 Å². The van der Waals surface area contributed by atoms with Crippen molar-refractivity contribution in [1.82, 2.24) is 0 Å². The zero-order chi connectivity index (χ0) is 14.3. The molecule has 0 amide bonds. The Labute approximate surface area is 125 Å². The van der Waals surface area contributed by atoms with Crippen LogP contribution in [0.25, 0.3) is 0 Å². The Hall–Kier alpha value is -2.67. The largest absolute Gasteiger partial charge is 0.256 e. The molecule has 21 heavy (non-hydrogen) atoms. The third-order valence-corrected chi connectivity index (χ3v) is 3.41. The van der Waals surface area contributed by atoms with Crippen LogP contribution < -0.4 is 0 Å². The molecule has 102 valence electrons. The Bertz CT molecular complexity index is 672. The summed E-state index contributed by atoms with van der Waals surface area (Å²) in [5.41, 5.74) is 3.37. The van der Waals surface area contributed by atoms with E-state index in [9.17, 15) is 0 Å². The zero-order valence-electron chi connectivity index (χ0n) is 11.8. The van der Waals surface area contributed by atoms with Gasteiger partial charge in [-0.15, -0.1) is 0 Å². The monoisotopic (exact) mass is 271 g/mol. The van der Waals surface area contributed by atoms with Crippen LogP contribution in [0, 0.1) is 0 Å². The number of hydrogen-bond donors (Lipinski definition) is 0. The molecule has 1 heteroatoms. The van der Waals surface area contributed by atoms with Gasteiger partial charge in [0.05, 0.1) is 5.69 Å². The molecule has 0 atom stereocenters. The molecule has 0 spiro atoms. The first-order valence-corrected chi connectivity index (χ1v) is 7.12. The molecule has 2 aromatic rings. The smallest absolute Gasteiger partial charge is 0.0630 e. The first-order valence-electron chi connectivity index (χ1n) is 7.12. The highest BCUT2D eigenvalue weighted by molar-refractivity contribution is 5.81. The van der Waals surface area contributed by atoms with Crippen molar-refractivity contribution in [3.05, 3.63) is 102 Å². The summed E-state index contributed by atoms with van der Waals surface area (Å²) in [6.07, 6.45) is 14.6. The van der Waals surface area contributed by atoms with Gasteiger partial charge in [0, 0.05) is 12.1 Å². The third kappa shape index (κ3) is 3.67. The number of hydrogen-bond acceptors (Lipinski definition) is 1. The molecule has 0 saturated heterocycles. The van der Waals surface area contributed by atoms with Crippen molar-refractivity contribution in [2.45, 2.75) is 5.92 Å². The molecule has 1 nitrogen and oxygen atoms in total.